The van der Waals surface area contributed by atoms with Gasteiger partial charge in [-0.25, -0.2) is 4.63 Å². The molecule has 1 aromatic heterocycles. The molecule has 0 fully saturated rings. The molecule has 1 aliphatic carbocycles. The molecule has 0 saturated carbocycles. The Balaban J connectivity index is 2.44. The molecule has 3 nitrogen and oxygen atoms in total. The van der Waals surface area contributed by atoms with Crippen molar-refractivity contribution in [1.82, 2.24) is 10.3 Å². The van der Waals surface area contributed by atoms with Crippen molar-refractivity contribution in [3.8, 4) is 0 Å². The average Bonchev–Trinajstić information content (AvgIpc) is 2.52. The summed E-state index contributed by atoms with van der Waals surface area (Å²) in [6, 6.07) is 0. The zero-order chi connectivity index (χ0) is 13.6. The Morgan fingerprint density at radius 3 is 2.22 bits per heavy atom. The maximum absolute atomic E-state index is 4.92. The van der Waals surface area contributed by atoms with E-state index in [-0.39, 0.29) is 10.8 Å². The van der Waals surface area contributed by atoms with E-state index in [2.05, 4.69) is 57.9 Å². The monoisotopic (exact) mass is 248 g/mol. The van der Waals surface area contributed by atoms with E-state index >= 15 is 0 Å². The molecule has 0 aliphatic heterocycles. The molecule has 1 aromatic rings. The van der Waals surface area contributed by atoms with Crippen LogP contribution in [0.15, 0.2) is 16.3 Å². The van der Waals surface area contributed by atoms with Gasteiger partial charge in [-0.3, -0.25) is 0 Å². The molecule has 1 aliphatic rings. The highest BCUT2D eigenvalue weighted by molar-refractivity contribution is 5.27. The van der Waals surface area contributed by atoms with Crippen LogP contribution in [0.1, 0.15) is 52.9 Å². The highest BCUT2D eigenvalue weighted by Crippen LogP contribution is 2.38. The molecule has 1 heterocycles. The first-order valence-corrected chi connectivity index (χ1v) is 6.69. The van der Waals surface area contributed by atoms with Gasteiger partial charge in [-0.05, 0) is 16.7 Å². The summed E-state index contributed by atoms with van der Waals surface area (Å²) in [6.07, 6.45) is 4.25. The van der Waals surface area contributed by atoms with Gasteiger partial charge < -0.3 is 0 Å². The Morgan fingerprint density at radius 2 is 1.67 bits per heavy atom. The number of rotatable bonds is 0. The van der Waals surface area contributed by atoms with Crippen LogP contribution in [0.3, 0.4) is 0 Å². The van der Waals surface area contributed by atoms with E-state index in [0.717, 1.165) is 24.2 Å². The van der Waals surface area contributed by atoms with Gasteiger partial charge >= 0.3 is 0 Å². The molecule has 1 atom stereocenters. The van der Waals surface area contributed by atoms with E-state index in [1.165, 1.54) is 5.57 Å². The summed E-state index contributed by atoms with van der Waals surface area (Å²) in [7, 11) is 0. The van der Waals surface area contributed by atoms with Gasteiger partial charge in [0, 0.05) is 12.8 Å². The smallest absolute Gasteiger partial charge is 0.112 e. The lowest BCUT2D eigenvalue weighted by molar-refractivity contribution is 0.271. The van der Waals surface area contributed by atoms with E-state index in [4.69, 9.17) is 4.63 Å². The maximum atomic E-state index is 4.92. The molecule has 100 valence electrons. The lowest BCUT2D eigenvalue weighted by Gasteiger charge is -2.30. The summed E-state index contributed by atoms with van der Waals surface area (Å²) in [5, 5.41) is 8.15. The SMILES string of the molecule is CC(C)(C)C1=CC(C(C)(C)C)Cc2nonc2C1. The minimum absolute atomic E-state index is 0.171. The molecule has 0 saturated heterocycles. The molecule has 0 spiro atoms. The maximum Gasteiger partial charge on any atom is 0.112 e. The quantitative estimate of drug-likeness (QED) is 0.655. The van der Waals surface area contributed by atoms with Gasteiger partial charge in [0.2, 0.25) is 0 Å². The second-order valence-electron chi connectivity index (χ2n) is 7.45. The predicted octanol–water partition coefficient (Wildman–Crippen LogP) is 3.80. The van der Waals surface area contributed by atoms with Crippen molar-refractivity contribution in [3.05, 3.63) is 23.0 Å². The van der Waals surface area contributed by atoms with Crippen LogP contribution in [0.4, 0.5) is 0 Å². The fourth-order valence-corrected chi connectivity index (χ4v) is 2.33. The van der Waals surface area contributed by atoms with Gasteiger partial charge in [0.25, 0.3) is 0 Å². The van der Waals surface area contributed by atoms with Crippen LogP contribution in [-0.4, -0.2) is 10.3 Å². The van der Waals surface area contributed by atoms with Gasteiger partial charge in [-0.2, -0.15) is 0 Å². The van der Waals surface area contributed by atoms with Crippen LogP contribution in [0.25, 0.3) is 0 Å². The number of nitrogens with zero attached hydrogens (tertiary/aromatic N) is 2. The minimum atomic E-state index is 0.171. The van der Waals surface area contributed by atoms with Gasteiger partial charge in [0.15, 0.2) is 0 Å². The number of fused-ring (bicyclic) bond motifs is 1. The van der Waals surface area contributed by atoms with Crippen molar-refractivity contribution >= 4 is 0 Å². The second-order valence-corrected chi connectivity index (χ2v) is 7.45. The fourth-order valence-electron chi connectivity index (χ4n) is 2.33. The van der Waals surface area contributed by atoms with Crippen LogP contribution in [0.2, 0.25) is 0 Å². The molecule has 1 unspecified atom stereocenters. The lowest BCUT2D eigenvalue weighted by Crippen LogP contribution is -2.22. The van der Waals surface area contributed by atoms with Crippen molar-refractivity contribution in [1.29, 1.82) is 0 Å². The second kappa shape index (κ2) is 4.22. The van der Waals surface area contributed by atoms with Crippen molar-refractivity contribution < 1.29 is 4.63 Å². The van der Waals surface area contributed by atoms with E-state index in [9.17, 15) is 0 Å². The number of hydrogen-bond acceptors (Lipinski definition) is 3. The summed E-state index contributed by atoms with van der Waals surface area (Å²) >= 11 is 0. The Bertz CT molecular complexity index is 458. The van der Waals surface area contributed by atoms with Gasteiger partial charge in [0.1, 0.15) is 11.4 Å². The summed E-state index contributed by atoms with van der Waals surface area (Å²) in [6.45, 7) is 13.6. The largest absolute Gasteiger partial charge is 0.244 e. The molecule has 2 rings (SSSR count). The highest BCUT2D eigenvalue weighted by Gasteiger charge is 2.31. The molecular formula is C15H24N2O. The standard InChI is InChI=1S/C15H24N2O/c1-14(2,3)10-7-11(15(4,5)6)9-13-12(8-10)16-18-17-13/h7,10H,8-9H2,1-6H3. The van der Waals surface area contributed by atoms with Crippen LogP contribution < -0.4 is 0 Å². The molecule has 0 aromatic carbocycles. The average molecular weight is 248 g/mol. The first kappa shape index (κ1) is 13.3. The summed E-state index contributed by atoms with van der Waals surface area (Å²) < 4.78 is 4.92. The Labute approximate surface area is 110 Å². The molecule has 3 heteroatoms. The first-order chi connectivity index (χ1) is 8.18. The van der Waals surface area contributed by atoms with Crippen molar-refractivity contribution in [2.24, 2.45) is 16.7 Å². The van der Waals surface area contributed by atoms with Crippen molar-refractivity contribution in [3.63, 3.8) is 0 Å². The van der Waals surface area contributed by atoms with E-state index in [0.29, 0.717) is 5.92 Å². The van der Waals surface area contributed by atoms with E-state index in [1.807, 2.05) is 0 Å². The van der Waals surface area contributed by atoms with Gasteiger partial charge in [-0.1, -0.05) is 63.5 Å². The summed E-state index contributed by atoms with van der Waals surface area (Å²) in [5.74, 6) is 0.486. The molecular weight excluding hydrogens is 224 g/mol. The Morgan fingerprint density at radius 1 is 1.06 bits per heavy atom. The molecule has 0 amide bonds. The minimum Gasteiger partial charge on any atom is -0.244 e. The Hall–Kier alpha value is -1.12. The van der Waals surface area contributed by atoms with Crippen LogP contribution in [0, 0.1) is 16.7 Å². The third kappa shape index (κ3) is 2.65. The third-order valence-electron chi connectivity index (χ3n) is 3.88. The van der Waals surface area contributed by atoms with E-state index in [1.54, 1.807) is 0 Å². The zero-order valence-corrected chi connectivity index (χ0v) is 12.4. The van der Waals surface area contributed by atoms with Gasteiger partial charge in [0.05, 0.1) is 0 Å². The van der Waals surface area contributed by atoms with Crippen LogP contribution in [0.5, 0.6) is 0 Å². The normalized spacial score (nSPS) is 21.2. The number of hydrogen-bond donors (Lipinski definition) is 0. The van der Waals surface area contributed by atoms with Crippen LogP contribution in [-0.2, 0) is 12.8 Å². The molecule has 18 heavy (non-hydrogen) atoms. The first-order valence-electron chi connectivity index (χ1n) is 6.69. The fraction of sp³-hybridized carbons (Fsp3) is 0.733. The Kier molecular flexibility index (Phi) is 3.12. The lowest BCUT2D eigenvalue weighted by atomic mass is 9.75. The van der Waals surface area contributed by atoms with Crippen molar-refractivity contribution in [2.45, 2.75) is 54.4 Å². The topological polar surface area (TPSA) is 38.9 Å². The van der Waals surface area contributed by atoms with Gasteiger partial charge in [-0.15, -0.1) is 0 Å². The van der Waals surface area contributed by atoms with E-state index < -0.39 is 0 Å². The predicted molar refractivity (Wildman–Crippen MR) is 72.2 cm³/mol. The third-order valence-corrected chi connectivity index (χ3v) is 3.88. The number of allylic oxidation sites excluding steroid dienone is 2. The number of aromatic nitrogens is 2. The molecule has 0 bridgehead atoms. The molecule has 0 N–H and O–H groups in total. The zero-order valence-electron chi connectivity index (χ0n) is 12.4. The van der Waals surface area contributed by atoms with Crippen LogP contribution >= 0.6 is 0 Å². The summed E-state index contributed by atoms with van der Waals surface area (Å²) in [5.41, 5.74) is 3.89. The van der Waals surface area contributed by atoms with Crippen molar-refractivity contribution in [2.75, 3.05) is 0 Å². The summed E-state index contributed by atoms with van der Waals surface area (Å²) in [4.78, 5) is 0. The highest BCUT2D eigenvalue weighted by atomic mass is 16.6. The molecule has 0 radical (unpaired) electrons.